The number of hydrogen-bond donors (Lipinski definition) is 1. The van der Waals surface area contributed by atoms with Crippen LogP contribution in [0.15, 0.2) is 84.2 Å². The molecule has 5 atom stereocenters. The van der Waals surface area contributed by atoms with Crippen LogP contribution in [0.3, 0.4) is 0 Å². The van der Waals surface area contributed by atoms with Gasteiger partial charge in [0, 0.05) is 12.6 Å². The van der Waals surface area contributed by atoms with Crippen LogP contribution in [0.1, 0.15) is 49.3 Å². The summed E-state index contributed by atoms with van der Waals surface area (Å²) < 4.78 is 16.2. The van der Waals surface area contributed by atoms with Gasteiger partial charge in [-0.1, -0.05) is 90.3 Å². The Bertz CT molecular complexity index is 940. The van der Waals surface area contributed by atoms with Crippen molar-refractivity contribution >= 4 is 7.95 Å². The van der Waals surface area contributed by atoms with Gasteiger partial charge in [-0.2, -0.15) is 0 Å². The van der Waals surface area contributed by atoms with E-state index in [9.17, 15) is 4.57 Å². The summed E-state index contributed by atoms with van der Waals surface area (Å²) in [4.78, 5) is 0. The van der Waals surface area contributed by atoms with Gasteiger partial charge >= 0.3 is 7.95 Å². The molecular formula is C26H30N2OP+. The summed E-state index contributed by atoms with van der Waals surface area (Å²) in [5, 5.41) is 4.98. The summed E-state index contributed by atoms with van der Waals surface area (Å²) in [7, 11) is -1.51. The smallest absolute Gasteiger partial charge is 0.308 e. The SMILES string of the molecule is O=[P+]1C2=CCC=C[C@@H]2[C@@H](c2ccccc2)N1[C@H]1CCCC[C@@H]1NCc1ccccc1. The molecule has 0 bridgehead atoms. The molecule has 5 rings (SSSR count). The van der Waals surface area contributed by atoms with Crippen molar-refractivity contribution in [2.45, 2.75) is 56.8 Å². The first-order valence-corrected chi connectivity index (χ1v) is 12.5. The zero-order valence-corrected chi connectivity index (χ0v) is 18.3. The third-order valence-electron chi connectivity index (χ3n) is 6.83. The van der Waals surface area contributed by atoms with Crippen LogP contribution in [-0.2, 0) is 11.1 Å². The third kappa shape index (κ3) is 3.83. The maximum absolute atomic E-state index is 13.8. The van der Waals surface area contributed by atoms with Crippen molar-refractivity contribution in [2.24, 2.45) is 5.92 Å². The molecule has 0 amide bonds. The van der Waals surface area contributed by atoms with Gasteiger partial charge in [0.25, 0.3) is 0 Å². The minimum Gasteiger partial charge on any atom is -0.308 e. The molecule has 30 heavy (non-hydrogen) atoms. The van der Waals surface area contributed by atoms with E-state index < -0.39 is 7.95 Å². The van der Waals surface area contributed by atoms with E-state index in [1.54, 1.807) is 0 Å². The molecule has 2 aliphatic carbocycles. The van der Waals surface area contributed by atoms with E-state index in [-0.39, 0.29) is 12.0 Å². The van der Waals surface area contributed by atoms with E-state index >= 15 is 0 Å². The number of fused-ring (bicyclic) bond motifs is 1. The summed E-state index contributed by atoms with van der Waals surface area (Å²) in [5.41, 5.74) is 2.60. The normalized spacial score (nSPS) is 30.1. The molecule has 3 nitrogen and oxygen atoms in total. The first kappa shape index (κ1) is 19.9. The molecule has 2 aromatic rings. The first-order chi connectivity index (χ1) is 14.8. The van der Waals surface area contributed by atoms with Gasteiger partial charge in [-0.05, 0) is 41.0 Å². The minimum absolute atomic E-state index is 0.168. The lowest BCUT2D eigenvalue weighted by Crippen LogP contribution is -2.49. The van der Waals surface area contributed by atoms with Gasteiger partial charge in [0.2, 0.25) is 0 Å². The molecule has 1 saturated carbocycles. The standard InChI is InChI=1S/C26H30N2OP/c29-30-25-18-10-7-15-22(25)26(21-13-5-2-6-14-21)28(30)24-17-9-8-16-23(24)27-19-20-11-3-1-4-12-20/h1-7,11-15,18,22-24,26-27H,8-10,16-17,19H2/q+1/t22-,23-,24-,26+/m0/s1. The molecule has 0 aromatic heterocycles. The molecule has 1 N–H and O–H groups in total. The molecule has 1 saturated heterocycles. The quantitative estimate of drug-likeness (QED) is 0.455. The number of nitrogens with one attached hydrogen (secondary N) is 1. The average molecular weight is 418 g/mol. The Morgan fingerprint density at radius 3 is 2.50 bits per heavy atom. The van der Waals surface area contributed by atoms with Crippen molar-refractivity contribution < 1.29 is 4.57 Å². The lowest BCUT2D eigenvalue weighted by molar-refractivity contribution is 0.162. The van der Waals surface area contributed by atoms with Gasteiger partial charge in [0.15, 0.2) is 5.31 Å². The molecule has 0 radical (unpaired) electrons. The van der Waals surface area contributed by atoms with Crippen LogP contribution in [-0.4, -0.2) is 16.8 Å². The van der Waals surface area contributed by atoms with Crippen LogP contribution in [0, 0.1) is 5.92 Å². The van der Waals surface area contributed by atoms with E-state index in [1.807, 2.05) is 0 Å². The van der Waals surface area contributed by atoms with Crippen molar-refractivity contribution in [3.63, 3.8) is 0 Å². The summed E-state index contributed by atoms with van der Waals surface area (Å²) in [6, 6.07) is 22.2. The van der Waals surface area contributed by atoms with Gasteiger partial charge in [-0.15, -0.1) is 0 Å². The topological polar surface area (TPSA) is 32.3 Å². The average Bonchev–Trinajstić information content (AvgIpc) is 3.11. The monoisotopic (exact) mass is 417 g/mol. The highest BCUT2D eigenvalue weighted by Crippen LogP contribution is 2.61. The summed E-state index contributed by atoms with van der Waals surface area (Å²) >= 11 is 0. The van der Waals surface area contributed by atoms with Gasteiger partial charge in [0.05, 0.1) is 18.0 Å². The first-order valence-electron chi connectivity index (χ1n) is 11.3. The number of hydrogen-bond acceptors (Lipinski definition) is 2. The summed E-state index contributed by atoms with van der Waals surface area (Å²) in [5.74, 6) is 0.237. The highest BCUT2D eigenvalue weighted by Gasteiger charge is 2.58. The lowest BCUT2D eigenvalue weighted by Gasteiger charge is -2.36. The predicted molar refractivity (Wildman–Crippen MR) is 123 cm³/mol. The Kier molecular flexibility index (Phi) is 5.95. The predicted octanol–water partition coefficient (Wildman–Crippen LogP) is 6.35. The highest BCUT2D eigenvalue weighted by atomic mass is 31.1. The zero-order valence-electron chi connectivity index (χ0n) is 17.4. The molecular weight excluding hydrogens is 387 g/mol. The van der Waals surface area contributed by atoms with Crippen molar-refractivity contribution in [2.75, 3.05) is 0 Å². The van der Waals surface area contributed by atoms with Crippen LogP contribution >= 0.6 is 7.95 Å². The highest BCUT2D eigenvalue weighted by molar-refractivity contribution is 7.47. The fourth-order valence-electron chi connectivity index (χ4n) is 5.39. The fraction of sp³-hybridized carbons (Fsp3) is 0.385. The molecule has 1 heterocycles. The van der Waals surface area contributed by atoms with E-state index in [2.05, 4.69) is 88.9 Å². The van der Waals surface area contributed by atoms with Gasteiger partial charge < -0.3 is 5.32 Å². The molecule has 4 heteroatoms. The van der Waals surface area contributed by atoms with Crippen LogP contribution in [0.25, 0.3) is 0 Å². The number of nitrogens with zero attached hydrogens (tertiary/aromatic N) is 1. The number of rotatable bonds is 5. The second kappa shape index (κ2) is 8.98. The second-order valence-electron chi connectivity index (χ2n) is 8.65. The third-order valence-corrected chi connectivity index (χ3v) is 8.71. The van der Waals surface area contributed by atoms with Crippen molar-refractivity contribution in [1.82, 2.24) is 9.99 Å². The maximum Gasteiger partial charge on any atom is 0.471 e. The van der Waals surface area contributed by atoms with Gasteiger partial charge in [-0.3, -0.25) is 0 Å². The molecule has 1 unspecified atom stereocenters. The van der Waals surface area contributed by atoms with Crippen LogP contribution in [0.4, 0.5) is 0 Å². The Labute approximate surface area is 180 Å². The minimum atomic E-state index is -1.51. The molecule has 154 valence electrons. The number of benzene rings is 2. The fourth-order valence-corrected chi connectivity index (χ4v) is 7.45. The van der Waals surface area contributed by atoms with E-state index in [0.717, 1.165) is 31.1 Å². The van der Waals surface area contributed by atoms with Crippen LogP contribution in [0.2, 0.25) is 0 Å². The van der Waals surface area contributed by atoms with Gasteiger partial charge in [-0.25, -0.2) is 0 Å². The van der Waals surface area contributed by atoms with Crippen LogP contribution < -0.4 is 5.32 Å². The molecule has 2 fully saturated rings. The van der Waals surface area contributed by atoms with Crippen molar-refractivity contribution in [1.29, 1.82) is 0 Å². The van der Waals surface area contributed by atoms with Crippen molar-refractivity contribution in [3.8, 4) is 0 Å². The molecule has 3 aliphatic rings. The Morgan fingerprint density at radius 1 is 0.967 bits per heavy atom. The largest absolute Gasteiger partial charge is 0.471 e. The van der Waals surface area contributed by atoms with Gasteiger partial charge in [0.1, 0.15) is 0 Å². The summed E-state index contributed by atoms with van der Waals surface area (Å²) in [6.45, 7) is 0.870. The van der Waals surface area contributed by atoms with E-state index in [0.29, 0.717) is 12.1 Å². The Hall–Kier alpha value is -2.06. The molecule has 2 aromatic carbocycles. The Morgan fingerprint density at radius 2 is 1.70 bits per heavy atom. The van der Waals surface area contributed by atoms with E-state index in [1.165, 1.54) is 24.0 Å². The molecule has 1 aliphatic heterocycles. The Balaban J connectivity index is 1.45. The maximum atomic E-state index is 13.8. The van der Waals surface area contributed by atoms with Crippen LogP contribution in [0.5, 0.6) is 0 Å². The van der Waals surface area contributed by atoms with E-state index in [4.69, 9.17) is 0 Å². The zero-order chi connectivity index (χ0) is 20.3. The number of allylic oxidation sites excluding steroid dienone is 2. The second-order valence-corrected chi connectivity index (χ2v) is 10.2. The molecule has 0 spiro atoms. The lowest BCUT2D eigenvalue weighted by atomic mass is 9.85. The summed E-state index contributed by atoms with van der Waals surface area (Å²) in [6.07, 6.45) is 12.4. The van der Waals surface area contributed by atoms with Crippen molar-refractivity contribution in [3.05, 3.63) is 95.3 Å².